The first-order chi connectivity index (χ1) is 9.04. The minimum Gasteiger partial charge on any atom is -0.376 e. The molecular formula is C15H21ClFNO. The molecule has 106 valence electrons. The summed E-state index contributed by atoms with van der Waals surface area (Å²) in [4.78, 5) is 0. The van der Waals surface area contributed by atoms with E-state index in [1.165, 1.54) is 6.07 Å². The molecule has 1 N–H and O–H groups in total. The first kappa shape index (κ1) is 14.8. The van der Waals surface area contributed by atoms with Crippen molar-refractivity contribution in [1.29, 1.82) is 0 Å². The van der Waals surface area contributed by atoms with E-state index in [1.54, 1.807) is 6.92 Å². The summed E-state index contributed by atoms with van der Waals surface area (Å²) in [5.41, 5.74) is 1.55. The summed E-state index contributed by atoms with van der Waals surface area (Å²) < 4.78 is 19.4. The molecule has 0 spiro atoms. The van der Waals surface area contributed by atoms with E-state index in [4.69, 9.17) is 16.3 Å². The number of hydrogen-bond donors (Lipinski definition) is 1. The molecule has 2 rings (SSSR count). The van der Waals surface area contributed by atoms with Crippen LogP contribution in [0.2, 0.25) is 5.02 Å². The van der Waals surface area contributed by atoms with Gasteiger partial charge in [0.05, 0.1) is 12.1 Å². The molecule has 0 bridgehead atoms. The zero-order chi connectivity index (χ0) is 14.0. The summed E-state index contributed by atoms with van der Waals surface area (Å²) in [6.07, 6.45) is 1.16. The molecule has 0 aliphatic carbocycles. The van der Waals surface area contributed by atoms with Crippen molar-refractivity contribution < 1.29 is 9.13 Å². The Labute approximate surface area is 119 Å². The summed E-state index contributed by atoms with van der Waals surface area (Å²) in [6, 6.07) is 3.25. The van der Waals surface area contributed by atoms with Gasteiger partial charge in [0.2, 0.25) is 0 Å². The number of benzene rings is 1. The molecule has 3 atom stereocenters. The third-order valence-electron chi connectivity index (χ3n) is 3.81. The maximum Gasteiger partial charge on any atom is 0.127 e. The van der Waals surface area contributed by atoms with Crippen LogP contribution in [0.5, 0.6) is 0 Å². The van der Waals surface area contributed by atoms with Gasteiger partial charge < -0.3 is 10.1 Å². The zero-order valence-corrected chi connectivity index (χ0v) is 12.4. The second kappa shape index (κ2) is 6.21. The molecule has 19 heavy (non-hydrogen) atoms. The van der Waals surface area contributed by atoms with Gasteiger partial charge in [-0.05, 0) is 43.0 Å². The SMILES string of the molecule is CCNC(c1cc(C)c(F)cc1Cl)C1OCCC1C. The highest BCUT2D eigenvalue weighted by Gasteiger charge is 2.33. The van der Waals surface area contributed by atoms with Gasteiger partial charge in [0.1, 0.15) is 5.82 Å². The number of hydrogen-bond acceptors (Lipinski definition) is 2. The highest BCUT2D eigenvalue weighted by atomic mass is 35.5. The Bertz CT molecular complexity index is 452. The maximum atomic E-state index is 13.5. The monoisotopic (exact) mass is 285 g/mol. The van der Waals surface area contributed by atoms with Gasteiger partial charge in [-0.25, -0.2) is 4.39 Å². The molecule has 3 unspecified atom stereocenters. The Morgan fingerprint density at radius 1 is 1.53 bits per heavy atom. The van der Waals surface area contributed by atoms with Crippen molar-refractivity contribution >= 4 is 11.6 Å². The summed E-state index contributed by atoms with van der Waals surface area (Å²) in [5, 5.41) is 3.90. The van der Waals surface area contributed by atoms with Crippen molar-refractivity contribution in [1.82, 2.24) is 5.32 Å². The highest BCUT2D eigenvalue weighted by molar-refractivity contribution is 6.31. The highest BCUT2D eigenvalue weighted by Crippen LogP contribution is 2.35. The fraction of sp³-hybridized carbons (Fsp3) is 0.600. The number of likely N-dealkylation sites (N-methyl/N-ethyl adjacent to an activating group) is 1. The van der Waals surface area contributed by atoms with Crippen LogP contribution in [0.4, 0.5) is 4.39 Å². The molecule has 1 aliphatic rings. The van der Waals surface area contributed by atoms with E-state index in [1.807, 2.05) is 6.07 Å². The molecule has 1 fully saturated rings. The van der Waals surface area contributed by atoms with Crippen LogP contribution in [0.15, 0.2) is 12.1 Å². The number of halogens is 2. The largest absolute Gasteiger partial charge is 0.376 e. The van der Waals surface area contributed by atoms with Crippen molar-refractivity contribution in [3.63, 3.8) is 0 Å². The van der Waals surface area contributed by atoms with Crippen LogP contribution in [0.1, 0.15) is 37.4 Å². The Hall–Kier alpha value is -0.640. The van der Waals surface area contributed by atoms with Gasteiger partial charge in [-0.15, -0.1) is 0 Å². The van der Waals surface area contributed by atoms with Crippen LogP contribution in [0.25, 0.3) is 0 Å². The smallest absolute Gasteiger partial charge is 0.127 e. The molecular weight excluding hydrogens is 265 g/mol. The van der Waals surface area contributed by atoms with Crippen LogP contribution in [-0.2, 0) is 4.74 Å². The molecule has 1 saturated heterocycles. The van der Waals surface area contributed by atoms with Gasteiger partial charge in [0.15, 0.2) is 0 Å². The lowest BCUT2D eigenvalue weighted by molar-refractivity contribution is 0.0612. The van der Waals surface area contributed by atoms with Crippen molar-refractivity contribution in [3.8, 4) is 0 Å². The molecule has 0 saturated carbocycles. The molecule has 1 aromatic carbocycles. The Kier molecular flexibility index (Phi) is 4.82. The average Bonchev–Trinajstić information content (AvgIpc) is 2.77. The van der Waals surface area contributed by atoms with Crippen molar-refractivity contribution in [3.05, 3.63) is 34.1 Å². The van der Waals surface area contributed by atoms with E-state index in [2.05, 4.69) is 19.2 Å². The maximum absolute atomic E-state index is 13.5. The molecule has 0 amide bonds. The van der Waals surface area contributed by atoms with Crippen LogP contribution in [-0.4, -0.2) is 19.3 Å². The Morgan fingerprint density at radius 2 is 2.26 bits per heavy atom. The predicted octanol–water partition coefficient (Wildman–Crippen LogP) is 3.86. The summed E-state index contributed by atoms with van der Waals surface area (Å²) in [7, 11) is 0. The first-order valence-corrected chi connectivity index (χ1v) is 7.23. The fourth-order valence-corrected chi connectivity index (χ4v) is 2.95. The molecule has 1 aliphatic heterocycles. The number of aryl methyl sites for hydroxylation is 1. The van der Waals surface area contributed by atoms with Crippen molar-refractivity contribution in [2.45, 2.75) is 39.3 Å². The number of rotatable bonds is 4. The Morgan fingerprint density at radius 3 is 2.84 bits per heavy atom. The van der Waals surface area contributed by atoms with E-state index in [9.17, 15) is 4.39 Å². The second-order valence-electron chi connectivity index (χ2n) is 5.26. The van der Waals surface area contributed by atoms with Crippen LogP contribution in [0, 0.1) is 18.7 Å². The zero-order valence-electron chi connectivity index (χ0n) is 11.7. The van der Waals surface area contributed by atoms with Gasteiger partial charge in [0.25, 0.3) is 0 Å². The van der Waals surface area contributed by atoms with Crippen molar-refractivity contribution in [2.24, 2.45) is 5.92 Å². The first-order valence-electron chi connectivity index (χ1n) is 6.85. The summed E-state index contributed by atoms with van der Waals surface area (Å²) >= 11 is 6.22. The minimum absolute atomic E-state index is 0.0225. The van der Waals surface area contributed by atoms with Crippen LogP contribution >= 0.6 is 11.6 Å². The van der Waals surface area contributed by atoms with Crippen LogP contribution < -0.4 is 5.32 Å². The third kappa shape index (κ3) is 3.10. The lowest BCUT2D eigenvalue weighted by atomic mass is 9.91. The number of ether oxygens (including phenoxy) is 1. The average molecular weight is 286 g/mol. The minimum atomic E-state index is -0.260. The molecule has 1 heterocycles. The Balaban J connectivity index is 2.35. The van der Waals surface area contributed by atoms with Crippen LogP contribution in [0.3, 0.4) is 0 Å². The molecule has 1 aromatic rings. The normalized spacial score (nSPS) is 24.7. The second-order valence-corrected chi connectivity index (χ2v) is 5.67. The van der Waals surface area contributed by atoms with E-state index >= 15 is 0 Å². The predicted molar refractivity (Wildman–Crippen MR) is 76.1 cm³/mol. The standard InChI is InChI=1S/C15H21ClFNO/c1-4-18-14(15-9(2)5-6-19-15)11-7-10(3)13(17)8-12(11)16/h7-9,14-15,18H,4-6H2,1-3H3. The molecule has 0 radical (unpaired) electrons. The quantitative estimate of drug-likeness (QED) is 0.907. The van der Waals surface area contributed by atoms with E-state index in [0.29, 0.717) is 16.5 Å². The van der Waals surface area contributed by atoms with E-state index < -0.39 is 0 Å². The van der Waals surface area contributed by atoms with Gasteiger partial charge in [-0.1, -0.05) is 31.5 Å². The van der Waals surface area contributed by atoms with Gasteiger partial charge >= 0.3 is 0 Å². The topological polar surface area (TPSA) is 21.3 Å². The number of nitrogens with one attached hydrogen (secondary N) is 1. The lowest BCUT2D eigenvalue weighted by Gasteiger charge is -2.28. The summed E-state index contributed by atoms with van der Waals surface area (Å²) in [6.45, 7) is 7.61. The fourth-order valence-electron chi connectivity index (χ4n) is 2.68. The van der Waals surface area contributed by atoms with Gasteiger partial charge in [-0.3, -0.25) is 0 Å². The molecule has 2 nitrogen and oxygen atoms in total. The van der Waals surface area contributed by atoms with E-state index in [-0.39, 0.29) is 18.0 Å². The molecule has 0 aromatic heterocycles. The summed E-state index contributed by atoms with van der Waals surface area (Å²) in [5.74, 6) is 0.217. The third-order valence-corrected chi connectivity index (χ3v) is 4.14. The molecule has 4 heteroatoms. The van der Waals surface area contributed by atoms with Gasteiger partial charge in [0, 0.05) is 11.6 Å². The van der Waals surface area contributed by atoms with Gasteiger partial charge in [-0.2, -0.15) is 0 Å². The van der Waals surface area contributed by atoms with Crippen molar-refractivity contribution in [2.75, 3.05) is 13.2 Å². The lowest BCUT2D eigenvalue weighted by Crippen LogP contribution is -2.35. The van der Waals surface area contributed by atoms with E-state index in [0.717, 1.165) is 25.1 Å².